The normalized spacial score (nSPS) is 15.4. The van der Waals surface area contributed by atoms with Gasteiger partial charge in [0.25, 0.3) is 5.69 Å². The smallest absolute Gasteiger partial charge is 0.258 e. The fourth-order valence-corrected chi connectivity index (χ4v) is 4.25. The van der Waals surface area contributed by atoms with Gasteiger partial charge in [-0.25, -0.2) is 4.68 Å². The summed E-state index contributed by atoms with van der Waals surface area (Å²) in [7, 11) is 0. The van der Waals surface area contributed by atoms with Crippen molar-refractivity contribution in [1.82, 2.24) is 4.68 Å². The van der Waals surface area contributed by atoms with Crippen LogP contribution >= 0.6 is 11.3 Å². The van der Waals surface area contributed by atoms with Crippen molar-refractivity contribution >= 4 is 22.7 Å². The van der Waals surface area contributed by atoms with Gasteiger partial charge in [0, 0.05) is 34.7 Å². The highest BCUT2D eigenvalue weighted by molar-refractivity contribution is 7.07. The molecule has 2 aromatic carbocycles. The van der Waals surface area contributed by atoms with E-state index in [4.69, 9.17) is 10.1 Å². The Morgan fingerprint density at radius 2 is 1.86 bits per heavy atom. The van der Waals surface area contributed by atoms with Crippen LogP contribution in [0.4, 0.5) is 5.69 Å². The van der Waals surface area contributed by atoms with Crippen molar-refractivity contribution in [3.63, 3.8) is 0 Å². The highest BCUT2D eigenvalue weighted by Crippen LogP contribution is 2.26. The van der Waals surface area contributed by atoms with Crippen LogP contribution < -0.4 is 4.80 Å². The van der Waals surface area contributed by atoms with Gasteiger partial charge in [-0.2, -0.15) is 5.10 Å². The summed E-state index contributed by atoms with van der Waals surface area (Å²) in [6.45, 7) is 4.07. The Balaban J connectivity index is 1.85. The second-order valence-electron chi connectivity index (χ2n) is 6.95. The standard InChI is InChI=1S/C21H20N4O2S/c1-14(2)22-21-24(23-19-12-9-15-5-3-4-6-18(15)19)20(13-28-21)16-7-10-17(11-8-16)25(26)27/h3-8,10-11,13-14H,9,12H2,1-2H3. The minimum absolute atomic E-state index is 0.0775. The van der Waals surface area contributed by atoms with Crippen molar-refractivity contribution in [2.45, 2.75) is 32.7 Å². The summed E-state index contributed by atoms with van der Waals surface area (Å²) in [6.07, 6.45) is 1.88. The van der Waals surface area contributed by atoms with Gasteiger partial charge in [0.15, 0.2) is 0 Å². The highest BCUT2D eigenvalue weighted by atomic mass is 32.1. The van der Waals surface area contributed by atoms with Crippen LogP contribution in [0.15, 0.2) is 64.0 Å². The van der Waals surface area contributed by atoms with Crippen molar-refractivity contribution in [2.75, 3.05) is 0 Å². The Morgan fingerprint density at radius 3 is 2.57 bits per heavy atom. The zero-order chi connectivity index (χ0) is 19.7. The van der Waals surface area contributed by atoms with E-state index in [0.717, 1.165) is 34.6 Å². The van der Waals surface area contributed by atoms with E-state index in [0.29, 0.717) is 0 Å². The van der Waals surface area contributed by atoms with Crippen molar-refractivity contribution in [3.05, 3.63) is 80.0 Å². The van der Waals surface area contributed by atoms with Crippen LogP contribution in [-0.4, -0.2) is 21.4 Å². The molecule has 0 atom stereocenters. The van der Waals surface area contributed by atoms with Gasteiger partial charge in [-0.1, -0.05) is 24.3 Å². The Morgan fingerprint density at radius 1 is 1.11 bits per heavy atom. The van der Waals surface area contributed by atoms with Crippen molar-refractivity contribution in [3.8, 4) is 11.3 Å². The third kappa shape index (κ3) is 3.53. The third-order valence-electron chi connectivity index (χ3n) is 4.61. The number of nitro benzene ring substituents is 1. The molecule has 0 saturated heterocycles. The number of hydrogen-bond donors (Lipinski definition) is 0. The molecule has 1 aromatic heterocycles. The minimum atomic E-state index is -0.388. The molecule has 0 fully saturated rings. The predicted molar refractivity (Wildman–Crippen MR) is 112 cm³/mol. The van der Waals surface area contributed by atoms with Gasteiger partial charge < -0.3 is 0 Å². The van der Waals surface area contributed by atoms with E-state index in [-0.39, 0.29) is 16.7 Å². The van der Waals surface area contributed by atoms with Gasteiger partial charge in [0.2, 0.25) is 4.80 Å². The summed E-state index contributed by atoms with van der Waals surface area (Å²) in [5.74, 6) is 0. The Bertz CT molecular complexity index is 1120. The van der Waals surface area contributed by atoms with Crippen molar-refractivity contribution in [1.29, 1.82) is 0 Å². The number of thiazole rings is 1. The molecule has 6 nitrogen and oxygen atoms in total. The zero-order valence-corrected chi connectivity index (χ0v) is 16.5. The summed E-state index contributed by atoms with van der Waals surface area (Å²) in [5.41, 5.74) is 5.39. The molecule has 3 aromatic rings. The second-order valence-corrected chi connectivity index (χ2v) is 7.78. The molecule has 0 N–H and O–H groups in total. The Labute approximate surface area is 166 Å². The molecule has 142 valence electrons. The maximum atomic E-state index is 11.0. The zero-order valence-electron chi connectivity index (χ0n) is 15.7. The number of nitro groups is 1. The molecule has 0 unspecified atom stereocenters. The predicted octanol–water partition coefficient (Wildman–Crippen LogP) is 4.63. The average Bonchev–Trinajstić information content (AvgIpc) is 3.27. The molecule has 0 amide bonds. The lowest BCUT2D eigenvalue weighted by atomic mass is 10.1. The highest BCUT2D eigenvalue weighted by Gasteiger charge is 2.18. The molecule has 1 aliphatic rings. The maximum Gasteiger partial charge on any atom is 0.269 e. The lowest BCUT2D eigenvalue weighted by molar-refractivity contribution is -0.384. The first-order chi connectivity index (χ1) is 13.5. The molecule has 28 heavy (non-hydrogen) atoms. The number of nitrogens with zero attached hydrogens (tertiary/aromatic N) is 4. The van der Waals surface area contributed by atoms with Gasteiger partial charge in [0.05, 0.1) is 16.3 Å². The van der Waals surface area contributed by atoms with Crippen LogP contribution in [0, 0.1) is 10.1 Å². The molecular weight excluding hydrogens is 372 g/mol. The van der Waals surface area contributed by atoms with E-state index >= 15 is 0 Å². The Kier molecular flexibility index (Phi) is 4.92. The summed E-state index contributed by atoms with van der Waals surface area (Å²) in [6, 6.07) is 15.1. The molecule has 4 rings (SSSR count). The van der Waals surface area contributed by atoms with E-state index in [9.17, 15) is 10.1 Å². The van der Waals surface area contributed by atoms with E-state index in [2.05, 4.69) is 18.2 Å². The largest absolute Gasteiger partial charge is 0.269 e. The van der Waals surface area contributed by atoms with Crippen molar-refractivity contribution in [2.24, 2.45) is 10.1 Å². The first-order valence-electron chi connectivity index (χ1n) is 9.18. The van der Waals surface area contributed by atoms with E-state index in [1.165, 1.54) is 34.6 Å². The quantitative estimate of drug-likeness (QED) is 0.479. The number of aryl methyl sites for hydroxylation is 1. The minimum Gasteiger partial charge on any atom is -0.258 e. The van der Waals surface area contributed by atoms with E-state index in [1.807, 2.05) is 30.0 Å². The topological polar surface area (TPSA) is 72.8 Å². The molecule has 7 heteroatoms. The van der Waals surface area contributed by atoms with Gasteiger partial charge >= 0.3 is 0 Å². The van der Waals surface area contributed by atoms with E-state index in [1.54, 1.807) is 12.1 Å². The number of non-ortho nitro benzene ring substituents is 1. The van der Waals surface area contributed by atoms with Crippen LogP contribution in [-0.2, 0) is 6.42 Å². The molecule has 0 aliphatic heterocycles. The molecule has 0 saturated carbocycles. The van der Waals surface area contributed by atoms with Crippen molar-refractivity contribution < 1.29 is 4.92 Å². The number of hydrogen-bond acceptors (Lipinski definition) is 5. The molecule has 0 bridgehead atoms. The lowest BCUT2D eigenvalue weighted by Gasteiger charge is -2.07. The van der Waals surface area contributed by atoms with Crippen LogP contribution in [0.5, 0.6) is 0 Å². The van der Waals surface area contributed by atoms with Crippen LogP contribution in [0.1, 0.15) is 31.4 Å². The van der Waals surface area contributed by atoms with Gasteiger partial charge in [0.1, 0.15) is 0 Å². The van der Waals surface area contributed by atoms with Crippen LogP contribution in [0.2, 0.25) is 0 Å². The third-order valence-corrected chi connectivity index (χ3v) is 5.44. The fraction of sp³-hybridized carbons (Fsp3) is 0.238. The second kappa shape index (κ2) is 7.52. The van der Waals surface area contributed by atoms with E-state index < -0.39 is 0 Å². The monoisotopic (exact) mass is 392 g/mol. The Hall–Kier alpha value is -3.06. The fourth-order valence-electron chi connectivity index (χ4n) is 3.29. The first-order valence-corrected chi connectivity index (χ1v) is 10.1. The summed E-state index contributed by atoms with van der Waals surface area (Å²) >= 11 is 1.53. The average molecular weight is 392 g/mol. The SMILES string of the molecule is CC(C)N=c1scc(-c2ccc([N+](=O)[O-])cc2)n1N=C1CCc2ccccc21. The number of aromatic nitrogens is 1. The van der Waals surface area contributed by atoms with Gasteiger partial charge in [-0.05, 0) is 44.4 Å². The molecule has 1 heterocycles. The number of fused-ring (bicyclic) bond motifs is 1. The van der Waals surface area contributed by atoms with Crippen LogP contribution in [0.3, 0.4) is 0 Å². The summed E-state index contributed by atoms with van der Waals surface area (Å²) in [4.78, 5) is 16.1. The number of rotatable bonds is 4. The molecule has 1 aliphatic carbocycles. The number of benzene rings is 2. The molecule has 0 spiro atoms. The first kappa shape index (κ1) is 18.3. The van der Waals surface area contributed by atoms with Crippen LogP contribution in [0.25, 0.3) is 11.3 Å². The lowest BCUT2D eigenvalue weighted by Crippen LogP contribution is -2.16. The molecule has 0 radical (unpaired) electrons. The molecular formula is C21H20N4O2S. The maximum absolute atomic E-state index is 11.0. The van der Waals surface area contributed by atoms with Gasteiger partial charge in [-0.15, -0.1) is 11.3 Å². The van der Waals surface area contributed by atoms with Gasteiger partial charge in [-0.3, -0.25) is 15.1 Å². The summed E-state index contributed by atoms with van der Waals surface area (Å²) < 4.78 is 1.88. The summed E-state index contributed by atoms with van der Waals surface area (Å²) in [5, 5.41) is 17.9.